The number of carbonyl (C=O) groups is 1. The summed E-state index contributed by atoms with van der Waals surface area (Å²) in [5.74, 6) is 0.525. The first-order chi connectivity index (χ1) is 12.7. The first-order valence-corrected chi connectivity index (χ1v) is 10.4. The highest BCUT2D eigenvalue weighted by Gasteiger charge is 2.30. The van der Waals surface area contributed by atoms with Crippen molar-refractivity contribution in [3.8, 4) is 0 Å². The average Bonchev–Trinajstić information content (AvgIpc) is 3.10. The summed E-state index contributed by atoms with van der Waals surface area (Å²) in [5, 5.41) is 10.6. The highest BCUT2D eigenvalue weighted by Crippen LogP contribution is 2.24. The lowest BCUT2D eigenvalue weighted by Gasteiger charge is -2.21. The monoisotopic (exact) mass is 397 g/mol. The van der Waals surface area contributed by atoms with Crippen molar-refractivity contribution in [2.45, 2.75) is 58.9 Å². The normalized spacial score (nSPS) is 11.9. The zero-order valence-electron chi connectivity index (χ0n) is 16.4. The molecule has 1 N–H and O–H groups in total. The van der Waals surface area contributed by atoms with Gasteiger partial charge in [0.25, 0.3) is 0 Å². The third-order valence-corrected chi connectivity index (χ3v) is 6.20. The predicted octanol–water partition coefficient (Wildman–Crippen LogP) is 2.25. The van der Waals surface area contributed by atoms with Gasteiger partial charge >= 0.3 is 0 Å². The van der Waals surface area contributed by atoms with E-state index < -0.39 is 10.0 Å². The molecule has 0 bridgehead atoms. The van der Waals surface area contributed by atoms with Crippen molar-refractivity contribution in [1.29, 1.82) is 0 Å². The number of nitrogens with one attached hydrogen (secondary N) is 1. The van der Waals surface area contributed by atoms with Crippen LogP contribution in [0.25, 0.3) is 0 Å². The summed E-state index contributed by atoms with van der Waals surface area (Å²) in [6, 6.07) is 1.60. The van der Waals surface area contributed by atoms with E-state index in [1.807, 2.05) is 13.8 Å². The number of sulfonamides is 1. The molecule has 0 aliphatic carbocycles. The molecule has 0 aliphatic heterocycles. The van der Waals surface area contributed by atoms with E-state index in [1.165, 1.54) is 8.99 Å². The van der Waals surface area contributed by atoms with Crippen molar-refractivity contribution < 1.29 is 17.7 Å². The van der Waals surface area contributed by atoms with Crippen LogP contribution in [0.15, 0.2) is 15.5 Å². The van der Waals surface area contributed by atoms with Crippen LogP contribution in [0.4, 0.5) is 5.82 Å². The molecule has 0 fully saturated rings. The summed E-state index contributed by atoms with van der Waals surface area (Å²) >= 11 is 0. The molecule has 2 heterocycles. The Balaban J connectivity index is 2.26. The summed E-state index contributed by atoms with van der Waals surface area (Å²) in [6.07, 6.45) is 1.45. The fourth-order valence-corrected chi connectivity index (χ4v) is 4.93. The Labute approximate surface area is 159 Å². The molecule has 0 unspecified atom stereocenters. The third kappa shape index (κ3) is 4.75. The molecule has 0 radical (unpaired) electrons. The second-order valence-electron chi connectivity index (χ2n) is 6.43. The van der Waals surface area contributed by atoms with Gasteiger partial charge in [-0.3, -0.25) is 9.48 Å². The van der Waals surface area contributed by atoms with Crippen LogP contribution in [0.2, 0.25) is 0 Å². The maximum absolute atomic E-state index is 13.1. The summed E-state index contributed by atoms with van der Waals surface area (Å²) in [4.78, 5) is 12.4. The van der Waals surface area contributed by atoms with Crippen LogP contribution in [0, 0.1) is 20.8 Å². The Morgan fingerprint density at radius 1 is 1.22 bits per heavy atom. The van der Waals surface area contributed by atoms with Gasteiger partial charge in [0.15, 0.2) is 5.82 Å². The number of amides is 1. The lowest BCUT2D eigenvalue weighted by atomic mass is 10.4. The molecule has 0 saturated carbocycles. The topological polar surface area (TPSA) is 110 Å². The molecule has 2 aromatic rings. The van der Waals surface area contributed by atoms with E-state index in [-0.39, 0.29) is 17.3 Å². The van der Waals surface area contributed by atoms with Crippen molar-refractivity contribution >= 4 is 21.7 Å². The lowest BCUT2D eigenvalue weighted by molar-refractivity contribution is -0.117. The van der Waals surface area contributed by atoms with Gasteiger partial charge in [0.1, 0.15) is 17.2 Å². The van der Waals surface area contributed by atoms with Crippen LogP contribution in [0.3, 0.4) is 0 Å². The number of rotatable bonds is 9. The average molecular weight is 398 g/mol. The summed E-state index contributed by atoms with van der Waals surface area (Å²) in [7, 11) is -3.67. The first-order valence-electron chi connectivity index (χ1n) is 8.98. The molecular formula is C17H27N5O4S. The van der Waals surface area contributed by atoms with Crippen molar-refractivity contribution in [1.82, 2.24) is 19.2 Å². The number of hydrogen-bond donors (Lipinski definition) is 1. The van der Waals surface area contributed by atoms with Gasteiger partial charge in [0.2, 0.25) is 15.9 Å². The molecule has 2 rings (SSSR count). The predicted molar refractivity (Wildman–Crippen MR) is 101 cm³/mol. The Morgan fingerprint density at radius 3 is 2.37 bits per heavy atom. The van der Waals surface area contributed by atoms with Crippen LogP contribution in [0.1, 0.15) is 43.8 Å². The number of aromatic nitrogens is 3. The molecular weight excluding hydrogens is 370 g/mol. The number of anilines is 1. The molecule has 10 heteroatoms. The fraction of sp³-hybridized carbons (Fsp3) is 0.588. The second-order valence-corrected chi connectivity index (χ2v) is 8.31. The standard InChI is InChI=1S/C17H27N5O4S/c1-6-8-21(9-7-2)27(24,25)17-13(4)19-22(14(17)5)11-16(23)18-15-10-12(3)26-20-15/h10H,6-9,11H2,1-5H3,(H,18,20,23). The van der Waals surface area contributed by atoms with Crippen LogP contribution in [-0.4, -0.2) is 46.7 Å². The van der Waals surface area contributed by atoms with Gasteiger partial charge in [0, 0.05) is 19.2 Å². The van der Waals surface area contributed by atoms with Crippen LogP contribution >= 0.6 is 0 Å². The lowest BCUT2D eigenvalue weighted by Crippen LogP contribution is -2.33. The van der Waals surface area contributed by atoms with E-state index >= 15 is 0 Å². The highest BCUT2D eigenvalue weighted by atomic mass is 32.2. The van der Waals surface area contributed by atoms with Crippen molar-refractivity contribution in [3.05, 3.63) is 23.2 Å². The molecule has 27 heavy (non-hydrogen) atoms. The van der Waals surface area contributed by atoms with Gasteiger partial charge in [-0.2, -0.15) is 9.40 Å². The molecule has 0 aromatic carbocycles. The minimum Gasteiger partial charge on any atom is -0.360 e. The van der Waals surface area contributed by atoms with Crippen molar-refractivity contribution in [2.24, 2.45) is 0 Å². The smallest absolute Gasteiger partial charge is 0.247 e. The molecule has 2 aromatic heterocycles. The molecule has 150 valence electrons. The van der Waals surface area contributed by atoms with E-state index in [9.17, 15) is 13.2 Å². The number of nitrogens with zero attached hydrogens (tertiary/aromatic N) is 4. The minimum atomic E-state index is -3.67. The maximum atomic E-state index is 13.1. The number of carbonyl (C=O) groups excluding carboxylic acids is 1. The van der Waals surface area contributed by atoms with Gasteiger partial charge in [-0.1, -0.05) is 19.0 Å². The van der Waals surface area contributed by atoms with Gasteiger partial charge in [-0.05, 0) is 33.6 Å². The van der Waals surface area contributed by atoms with Gasteiger partial charge in [-0.25, -0.2) is 8.42 Å². The third-order valence-electron chi connectivity index (χ3n) is 4.05. The minimum absolute atomic E-state index is 0.115. The highest BCUT2D eigenvalue weighted by molar-refractivity contribution is 7.89. The zero-order valence-corrected chi connectivity index (χ0v) is 17.3. The van der Waals surface area contributed by atoms with E-state index in [0.29, 0.717) is 36.1 Å². The van der Waals surface area contributed by atoms with Crippen molar-refractivity contribution in [3.63, 3.8) is 0 Å². The van der Waals surface area contributed by atoms with Crippen LogP contribution in [-0.2, 0) is 21.4 Å². The number of hydrogen-bond acceptors (Lipinski definition) is 6. The Hall–Kier alpha value is -2.20. The Morgan fingerprint density at radius 2 is 1.85 bits per heavy atom. The summed E-state index contributed by atoms with van der Waals surface area (Å²) in [5.41, 5.74) is 0.825. The Kier molecular flexibility index (Phi) is 6.77. The second kappa shape index (κ2) is 8.66. The van der Waals surface area contributed by atoms with E-state index in [4.69, 9.17) is 4.52 Å². The quantitative estimate of drug-likeness (QED) is 0.695. The molecule has 0 saturated heterocycles. The molecule has 0 spiro atoms. The molecule has 0 atom stereocenters. The van der Waals surface area contributed by atoms with Crippen LogP contribution < -0.4 is 5.32 Å². The Bertz CT molecular complexity index is 895. The van der Waals surface area contributed by atoms with E-state index in [0.717, 1.165) is 12.8 Å². The molecule has 0 aliphatic rings. The van der Waals surface area contributed by atoms with E-state index in [2.05, 4.69) is 15.6 Å². The van der Waals surface area contributed by atoms with Gasteiger partial charge in [-0.15, -0.1) is 0 Å². The summed E-state index contributed by atoms with van der Waals surface area (Å²) < 4.78 is 34.0. The number of aryl methyl sites for hydroxylation is 2. The first kappa shape index (κ1) is 21.1. The van der Waals surface area contributed by atoms with Gasteiger partial charge in [0.05, 0.1) is 11.4 Å². The molecule has 9 nitrogen and oxygen atoms in total. The van der Waals surface area contributed by atoms with Crippen molar-refractivity contribution in [2.75, 3.05) is 18.4 Å². The zero-order chi connectivity index (χ0) is 20.2. The fourth-order valence-electron chi connectivity index (χ4n) is 2.93. The summed E-state index contributed by atoms with van der Waals surface area (Å²) in [6.45, 7) is 9.70. The van der Waals surface area contributed by atoms with E-state index in [1.54, 1.807) is 26.8 Å². The molecule has 1 amide bonds. The van der Waals surface area contributed by atoms with Gasteiger partial charge < -0.3 is 9.84 Å². The van der Waals surface area contributed by atoms with Crippen LogP contribution in [0.5, 0.6) is 0 Å². The maximum Gasteiger partial charge on any atom is 0.247 e. The SMILES string of the molecule is CCCN(CCC)S(=O)(=O)c1c(C)nn(CC(=O)Nc2cc(C)on2)c1C. The largest absolute Gasteiger partial charge is 0.360 e.